The molecule has 0 unspecified atom stereocenters. The van der Waals surface area contributed by atoms with E-state index in [1.165, 1.54) is 0 Å². The molecule has 3 heteroatoms. The van der Waals surface area contributed by atoms with Crippen molar-refractivity contribution in [3.63, 3.8) is 0 Å². The second kappa shape index (κ2) is 5.25. The molecule has 2 nitrogen and oxygen atoms in total. The summed E-state index contributed by atoms with van der Waals surface area (Å²) in [5.74, 6) is 0. The zero-order chi connectivity index (χ0) is 9.68. The van der Waals surface area contributed by atoms with Crippen LogP contribution in [0.4, 0.5) is 5.69 Å². The second-order valence-electron chi connectivity index (χ2n) is 2.93. The van der Waals surface area contributed by atoms with Crippen molar-refractivity contribution in [1.29, 1.82) is 0 Å². The van der Waals surface area contributed by atoms with Gasteiger partial charge in [0.05, 0.1) is 0 Å². The predicted molar refractivity (Wildman–Crippen MR) is 60.8 cm³/mol. The largest absolute Gasteiger partial charge is 0.385 e. The highest BCUT2D eigenvalue weighted by Crippen LogP contribution is 2.20. The van der Waals surface area contributed by atoms with Gasteiger partial charge in [0, 0.05) is 23.2 Å². The van der Waals surface area contributed by atoms with Crippen LogP contribution in [0, 0.1) is 0 Å². The van der Waals surface area contributed by atoms with Crippen molar-refractivity contribution < 1.29 is 0 Å². The van der Waals surface area contributed by atoms with E-state index in [1.807, 2.05) is 6.07 Å². The Morgan fingerprint density at radius 3 is 2.85 bits per heavy atom. The SMILES string of the molecule is CCCNc1ccc(Br)cc1CN. The highest BCUT2D eigenvalue weighted by Gasteiger charge is 1.99. The molecule has 0 fully saturated rings. The van der Waals surface area contributed by atoms with Crippen LogP contribution in [0.1, 0.15) is 18.9 Å². The Morgan fingerprint density at radius 2 is 2.23 bits per heavy atom. The highest BCUT2D eigenvalue weighted by molar-refractivity contribution is 9.10. The van der Waals surface area contributed by atoms with Gasteiger partial charge in [-0.05, 0) is 30.2 Å². The smallest absolute Gasteiger partial charge is 0.0386 e. The third-order valence-electron chi connectivity index (χ3n) is 1.85. The van der Waals surface area contributed by atoms with E-state index >= 15 is 0 Å². The quantitative estimate of drug-likeness (QED) is 0.853. The maximum Gasteiger partial charge on any atom is 0.0386 e. The molecule has 72 valence electrons. The number of nitrogens with two attached hydrogens (primary N) is 1. The fraction of sp³-hybridized carbons (Fsp3) is 0.400. The summed E-state index contributed by atoms with van der Waals surface area (Å²) in [6, 6.07) is 6.14. The van der Waals surface area contributed by atoms with Crippen molar-refractivity contribution in [2.45, 2.75) is 19.9 Å². The minimum absolute atomic E-state index is 0.575. The molecule has 1 rings (SSSR count). The molecule has 0 aliphatic rings. The van der Waals surface area contributed by atoms with Gasteiger partial charge < -0.3 is 11.1 Å². The molecule has 0 radical (unpaired) electrons. The van der Waals surface area contributed by atoms with Crippen molar-refractivity contribution in [3.05, 3.63) is 28.2 Å². The Hall–Kier alpha value is -0.540. The Morgan fingerprint density at radius 1 is 1.46 bits per heavy atom. The molecule has 0 spiro atoms. The number of anilines is 1. The Labute approximate surface area is 87.6 Å². The van der Waals surface area contributed by atoms with Crippen LogP contribution in [0.5, 0.6) is 0 Å². The normalized spacial score (nSPS) is 10.1. The molecule has 1 aromatic rings. The lowest BCUT2D eigenvalue weighted by Crippen LogP contribution is -2.06. The molecule has 1 aromatic carbocycles. The topological polar surface area (TPSA) is 38.0 Å². The van der Waals surface area contributed by atoms with Crippen LogP contribution < -0.4 is 11.1 Å². The van der Waals surface area contributed by atoms with Crippen molar-refractivity contribution in [2.75, 3.05) is 11.9 Å². The fourth-order valence-electron chi connectivity index (χ4n) is 1.16. The van der Waals surface area contributed by atoms with Gasteiger partial charge in [0.25, 0.3) is 0 Å². The van der Waals surface area contributed by atoms with Gasteiger partial charge in [0.2, 0.25) is 0 Å². The van der Waals surface area contributed by atoms with Gasteiger partial charge >= 0.3 is 0 Å². The number of hydrogen-bond acceptors (Lipinski definition) is 2. The van der Waals surface area contributed by atoms with Gasteiger partial charge in [0.1, 0.15) is 0 Å². The lowest BCUT2D eigenvalue weighted by molar-refractivity contribution is 0.968. The number of nitrogens with one attached hydrogen (secondary N) is 1. The van der Waals surface area contributed by atoms with E-state index in [1.54, 1.807) is 0 Å². The molecule has 0 saturated heterocycles. The van der Waals surface area contributed by atoms with Crippen LogP contribution in [0.3, 0.4) is 0 Å². The third-order valence-corrected chi connectivity index (χ3v) is 2.35. The van der Waals surface area contributed by atoms with E-state index < -0.39 is 0 Å². The first-order chi connectivity index (χ1) is 6.27. The average Bonchev–Trinajstić information content (AvgIpc) is 2.16. The van der Waals surface area contributed by atoms with Crippen LogP contribution in [-0.2, 0) is 6.54 Å². The van der Waals surface area contributed by atoms with E-state index in [9.17, 15) is 0 Å². The summed E-state index contributed by atoms with van der Waals surface area (Å²) in [6.07, 6.45) is 1.13. The summed E-state index contributed by atoms with van der Waals surface area (Å²) >= 11 is 3.42. The molecule has 0 heterocycles. The Balaban J connectivity index is 2.79. The van der Waals surface area contributed by atoms with Crippen molar-refractivity contribution in [2.24, 2.45) is 5.73 Å². The number of hydrogen-bond donors (Lipinski definition) is 2. The second-order valence-corrected chi connectivity index (χ2v) is 3.85. The number of halogens is 1. The molecule has 3 N–H and O–H groups in total. The minimum atomic E-state index is 0.575. The monoisotopic (exact) mass is 242 g/mol. The standard InChI is InChI=1S/C10H15BrN2/c1-2-5-13-10-4-3-9(11)6-8(10)7-12/h3-4,6,13H,2,5,7,12H2,1H3. The van der Waals surface area contributed by atoms with Crippen LogP contribution in [0.25, 0.3) is 0 Å². The Bertz CT molecular complexity index is 274. The molecule has 0 aliphatic carbocycles. The zero-order valence-corrected chi connectivity index (χ0v) is 9.39. The van der Waals surface area contributed by atoms with Crippen molar-refractivity contribution in [1.82, 2.24) is 0 Å². The molecular weight excluding hydrogens is 228 g/mol. The summed E-state index contributed by atoms with van der Waals surface area (Å²) in [7, 11) is 0. The van der Waals surface area contributed by atoms with Gasteiger partial charge in [-0.3, -0.25) is 0 Å². The molecule has 0 aliphatic heterocycles. The summed E-state index contributed by atoms with van der Waals surface area (Å²) < 4.78 is 1.08. The van der Waals surface area contributed by atoms with Crippen LogP contribution >= 0.6 is 15.9 Å². The predicted octanol–water partition coefficient (Wildman–Crippen LogP) is 2.73. The molecule has 0 amide bonds. The van der Waals surface area contributed by atoms with Gasteiger partial charge in [-0.1, -0.05) is 22.9 Å². The number of rotatable bonds is 4. The van der Waals surface area contributed by atoms with Crippen LogP contribution in [0.2, 0.25) is 0 Å². The van der Waals surface area contributed by atoms with E-state index in [0.717, 1.165) is 28.7 Å². The molecule has 0 aromatic heterocycles. The summed E-state index contributed by atoms with van der Waals surface area (Å²) in [4.78, 5) is 0. The minimum Gasteiger partial charge on any atom is -0.385 e. The summed E-state index contributed by atoms with van der Waals surface area (Å²) in [6.45, 7) is 3.72. The van der Waals surface area contributed by atoms with Crippen LogP contribution in [-0.4, -0.2) is 6.54 Å². The maximum absolute atomic E-state index is 5.63. The van der Waals surface area contributed by atoms with E-state index in [2.05, 4.69) is 40.3 Å². The summed E-state index contributed by atoms with van der Waals surface area (Å²) in [5.41, 5.74) is 7.93. The first kappa shape index (κ1) is 10.5. The van der Waals surface area contributed by atoms with E-state index in [0.29, 0.717) is 6.54 Å². The molecule has 0 saturated carbocycles. The fourth-order valence-corrected chi connectivity index (χ4v) is 1.57. The van der Waals surface area contributed by atoms with Crippen LogP contribution in [0.15, 0.2) is 22.7 Å². The van der Waals surface area contributed by atoms with E-state index in [-0.39, 0.29) is 0 Å². The molecule has 0 bridgehead atoms. The zero-order valence-electron chi connectivity index (χ0n) is 7.81. The van der Waals surface area contributed by atoms with Gasteiger partial charge in [-0.15, -0.1) is 0 Å². The maximum atomic E-state index is 5.63. The number of benzene rings is 1. The lowest BCUT2D eigenvalue weighted by atomic mass is 10.2. The first-order valence-electron chi connectivity index (χ1n) is 4.50. The Kier molecular flexibility index (Phi) is 4.25. The summed E-state index contributed by atoms with van der Waals surface area (Å²) in [5, 5.41) is 3.34. The molecule has 0 atom stereocenters. The van der Waals surface area contributed by atoms with E-state index in [4.69, 9.17) is 5.73 Å². The lowest BCUT2D eigenvalue weighted by Gasteiger charge is -2.10. The van der Waals surface area contributed by atoms with Gasteiger partial charge in [-0.25, -0.2) is 0 Å². The first-order valence-corrected chi connectivity index (χ1v) is 5.29. The molecule has 13 heavy (non-hydrogen) atoms. The van der Waals surface area contributed by atoms with Gasteiger partial charge in [-0.2, -0.15) is 0 Å². The highest BCUT2D eigenvalue weighted by atomic mass is 79.9. The third kappa shape index (κ3) is 3.01. The van der Waals surface area contributed by atoms with Crippen molar-refractivity contribution >= 4 is 21.6 Å². The van der Waals surface area contributed by atoms with Crippen molar-refractivity contribution in [3.8, 4) is 0 Å². The van der Waals surface area contributed by atoms with Gasteiger partial charge in [0.15, 0.2) is 0 Å². The average molecular weight is 243 g/mol. The molecular formula is C10H15BrN2.